The number of furan rings is 1. The smallest absolute Gasteiger partial charge is 0.166 e. The average molecular weight is 791 g/mol. The molecule has 0 aliphatic carbocycles. The number of para-hydroxylation sites is 1. The van der Waals surface area contributed by atoms with E-state index in [9.17, 15) is 0 Å². The van der Waals surface area contributed by atoms with E-state index in [0.29, 0.717) is 17.5 Å². The van der Waals surface area contributed by atoms with Crippen LogP contribution in [0.2, 0.25) is 0 Å². The van der Waals surface area contributed by atoms with Crippen molar-refractivity contribution in [3.63, 3.8) is 0 Å². The molecule has 13 aromatic rings. The highest BCUT2D eigenvalue weighted by Gasteiger charge is 2.23. The van der Waals surface area contributed by atoms with Gasteiger partial charge in [-0.3, -0.25) is 0 Å². The zero-order chi connectivity index (χ0) is 40.7. The molecule has 0 unspecified atom stereocenters. The number of rotatable bonds is 5. The van der Waals surface area contributed by atoms with Crippen LogP contribution in [0, 0.1) is 0 Å². The molecule has 0 bridgehead atoms. The zero-order valence-corrected chi connectivity index (χ0v) is 33.3. The Hall–Kier alpha value is -8.41. The van der Waals surface area contributed by atoms with Crippen LogP contribution in [0.3, 0.4) is 0 Å². The van der Waals surface area contributed by atoms with E-state index < -0.39 is 0 Å². The predicted molar refractivity (Wildman–Crippen MR) is 256 cm³/mol. The first kappa shape index (κ1) is 34.5. The van der Waals surface area contributed by atoms with Crippen LogP contribution >= 0.6 is 0 Å². The molecular weight excluding hydrogens is 757 g/mol. The molecule has 62 heavy (non-hydrogen) atoms. The maximum Gasteiger partial charge on any atom is 0.166 e. The van der Waals surface area contributed by atoms with Gasteiger partial charge in [0.2, 0.25) is 0 Å². The number of hydrogen-bond acceptors (Lipinski definition) is 4. The minimum absolute atomic E-state index is 0.553. The summed E-state index contributed by atoms with van der Waals surface area (Å²) in [6.45, 7) is 0. The third kappa shape index (κ3) is 5.45. The van der Waals surface area contributed by atoms with E-state index in [0.717, 1.165) is 88.0 Å². The van der Waals surface area contributed by atoms with Crippen LogP contribution in [0.25, 0.3) is 127 Å². The monoisotopic (exact) mass is 790 g/mol. The number of benzene rings is 10. The molecule has 0 atom stereocenters. The Morgan fingerprint density at radius 1 is 0.323 bits per heavy atom. The van der Waals surface area contributed by atoms with Gasteiger partial charge in [0.25, 0.3) is 0 Å². The Bertz CT molecular complexity index is 3940. The summed E-state index contributed by atoms with van der Waals surface area (Å²) >= 11 is 0. The summed E-state index contributed by atoms with van der Waals surface area (Å²) in [6, 6.07) is 72.8. The van der Waals surface area contributed by atoms with Gasteiger partial charge in [-0.1, -0.05) is 158 Å². The molecule has 5 heteroatoms. The van der Waals surface area contributed by atoms with Crippen molar-refractivity contribution in [2.75, 3.05) is 0 Å². The molecule has 0 spiro atoms. The molecule has 288 valence electrons. The van der Waals surface area contributed by atoms with Gasteiger partial charge >= 0.3 is 0 Å². The molecule has 0 radical (unpaired) electrons. The molecule has 5 nitrogen and oxygen atoms in total. The maximum absolute atomic E-state index is 6.90. The molecule has 0 fully saturated rings. The number of aromatic nitrogens is 4. The Balaban J connectivity index is 1.14. The van der Waals surface area contributed by atoms with Crippen molar-refractivity contribution in [2.24, 2.45) is 0 Å². The zero-order valence-electron chi connectivity index (χ0n) is 33.3. The fourth-order valence-corrected chi connectivity index (χ4v) is 9.37. The summed E-state index contributed by atoms with van der Waals surface area (Å²) in [7, 11) is 0. The molecule has 13 rings (SSSR count). The van der Waals surface area contributed by atoms with Gasteiger partial charge in [-0.15, -0.1) is 0 Å². The lowest BCUT2D eigenvalue weighted by Gasteiger charge is -2.15. The van der Waals surface area contributed by atoms with Gasteiger partial charge in [-0.05, 0) is 86.6 Å². The van der Waals surface area contributed by atoms with Crippen molar-refractivity contribution in [2.45, 2.75) is 0 Å². The number of hydrogen-bond donors (Lipinski definition) is 0. The minimum Gasteiger partial charge on any atom is -0.455 e. The lowest BCUT2D eigenvalue weighted by molar-refractivity contribution is 0.672. The van der Waals surface area contributed by atoms with Gasteiger partial charge in [-0.2, -0.15) is 0 Å². The lowest BCUT2D eigenvalue weighted by Crippen LogP contribution is -2.04. The second-order valence-corrected chi connectivity index (χ2v) is 16.0. The average Bonchev–Trinajstić information content (AvgIpc) is 3.87. The molecule has 10 aromatic carbocycles. The first-order chi connectivity index (χ1) is 30.7. The summed E-state index contributed by atoms with van der Waals surface area (Å²) in [6.07, 6.45) is 0. The first-order valence-corrected chi connectivity index (χ1v) is 20.9. The third-order valence-corrected chi connectivity index (χ3v) is 12.4. The number of fused-ring (bicyclic) bond motifs is 10. The van der Waals surface area contributed by atoms with E-state index in [-0.39, 0.29) is 0 Å². The van der Waals surface area contributed by atoms with Gasteiger partial charge in [0, 0.05) is 43.6 Å². The van der Waals surface area contributed by atoms with Crippen molar-refractivity contribution in [3.05, 3.63) is 206 Å². The van der Waals surface area contributed by atoms with Crippen LogP contribution < -0.4 is 0 Å². The summed E-state index contributed by atoms with van der Waals surface area (Å²) in [4.78, 5) is 16.1. The summed E-state index contributed by atoms with van der Waals surface area (Å²) in [5, 5.41) is 11.3. The van der Waals surface area contributed by atoms with Crippen LogP contribution in [0.1, 0.15) is 0 Å². The van der Waals surface area contributed by atoms with E-state index in [4.69, 9.17) is 19.4 Å². The van der Waals surface area contributed by atoms with Crippen molar-refractivity contribution in [1.82, 2.24) is 19.5 Å². The van der Waals surface area contributed by atoms with Crippen molar-refractivity contribution >= 4 is 76.1 Å². The molecule has 0 saturated carbocycles. The van der Waals surface area contributed by atoms with Gasteiger partial charge in [0.05, 0.1) is 16.7 Å². The van der Waals surface area contributed by atoms with Crippen LogP contribution in [0.15, 0.2) is 211 Å². The van der Waals surface area contributed by atoms with Crippen LogP contribution in [0.5, 0.6) is 0 Å². The Labute approximate surface area is 355 Å². The molecule has 0 aliphatic rings. The van der Waals surface area contributed by atoms with E-state index in [2.05, 4.69) is 205 Å². The standard InChI is InChI=1S/C57H34N4O/c1-2-13-35(14-3-1)39-20-12-21-42(29-39)55-58-56(43-26-25-36-15-4-5-17-38(36)30-43)60-57(59-55)49-34-53-48(46-28-27-37-16-8-9-22-44(37)54(46)62-53)33-52(49)61-50-24-11-10-23-45(50)47-31-40-18-6-7-19-41(40)32-51(47)61/h1-34H. The molecule has 0 aliphatic heterocycles. The van der Waals surface area contributed by atoms with E-state index in [1.165, 1.54) is 21.5 Å². The second kappa shape index (κ2) is 13.6. The van der Waals surface area contributed by atoms with Crippen molar-refractivity contribution < 1.29 is 4.42 Å². The Kier molecular flexibility index (Phi) is 7.54. The van der Waals surface area contributed by atoms with Gasteiger partial charge in [0.15, 0.2) is 17.5 Å². The normalized spacial score (nSPS) is 11.9. The highest BCUT2D eigenvalue weighted by molar-refractivity contribution is 6.18. The molecule has 0 N–H and O–H groups in total. The van der Waals surface area contributed by atoms with Gasteiger partial charge < -0.3 is 8.98 Å². The summed E-state index contributed by atoms with van der Waals surface area (Å²) in [5.41, 5.74) is 9.64. The van der Waals surface area contributed by atoms with Crippen LogP contribution in [0.4, 0.5) is 0 Å². The first-order valence-electron chi connectivity index (χ1n) is 20.9. The topological polar surface area (TPSA) is 56.7 Å². The van der Waals surface area contributed by atoms with Crippen molar-refractivity contribution in [1.29, 1.82) is 0 Å². The number of nitrogens with zero attached hydrogens (tertiary/aromatic N) is 4. The summed E-state index contributed by atoms with van der Waals surface area (Å²) in [5.74, 6) is 1.73. The van der Waals surface area contributed by atoms with Crippen molar-refractivity contribution in [3.8, 4) is 51.0 Å². The largest absolute Gasteiger partial charge is 0.455 e. The maximum atomic E-state index is 6.90. The third-order valence-electron chi connectivity index (χ3n) is 12.4. The molecule has 0 saturated heterocycles. The fourth-order valence-electron chi connectivity index (χ4n) is 9.37. The molecule has 3 aromatic heterocycles. The SMILES string of the molecule is c1ccc(-c2cccc(-c3nc(-c4ccc5ccccc5c4)nc(-c4cc5oc6c7ccccc7ccc6c5cc4-n4c5ccccc5c5cc6ccccc6cc54)n3)c2)cc1. The highest BCUT2D eigenvalue weighted by atomic mass is 16.3. The van der Waals surface area contributed by atoms with Gasteiger partial charge in [0.1, 0.15) is 11.2 Å². The second-order valence-electron chi connectivity index (χ2n) is 16.0. The highest BCUT2D eigenvalue weighted by Crippen LogP contribution is 2.43. The van der Waals surface area contributed by atoms with E-state index in [1.807, 2.05) is 6.07 Å². The van der Waals surface area contributed by atoms with E-state index >= 15 is 0 Å². The predicted octanol–water partition coefficient (Wildman–Crippen LogP) is 15.0. The Morgan fingerprint density at radius 3 is 1.76 bits per heavy atom. The van der Waals surface area contributed by atoms with Gasteiger partial charge in [-0.25, -0.2) is 15.0 Å². The lowest BCUT2D eigenvalue weighted by atomic mass is 10.0. The quantitative estimate of drug-likeness (QED) is 0.174. The molecule has 0 amide bonds. The molecular formula is C57H34N4O. The fraction of sp³-hybridized carbons (Fsp3) is 0. The van der Waals surface area contributed by atoms with Crippen LogP contribution in [-0.2, 0) is 0 Å². The Morgan fingerprint density at radius 2 is 0.935 bits per heavy atom. The van der Waals surface area contributed by atoms with E-state index in [1.54, 1.807) is 0 Å². The van der Waals surface area contributed by atoms with Crippen LogP contribution in [-0.4, -0.2) is 19.5 Å². The molecule has 3 heterocycles. The summed E-state index contributed by atoms with van der Waals surface area (Å²) < 4.78 is 9.28. The minimum atomic E-state index is 0.553.